The number of fused-ring (bicyclic) bond motifs is 3. The van der Waals surface area contributed by atoms with Gasteiger partial charge < -0.3 is 24.3 Å². The summed E-state index contributed by atoms with van der Waals surface area (Å²) < 4.78 is 12.7. The smallest absolute Gasteiger partial charge is 0.226 e. The lowest BCUT2D eigenvalue weighted by molar-refractivity contribution is 0.360. The molecule has 0 atom stereocenters. The van der Waals surface area contributed by atoms with Gasteiger partial charge in [0.05, 0.1) is 24.2 Å². The molecule has 9 nitrogen and oxygen atoms in total. The maximum Gasteiger partial charge on any atom is 0.226 e. The Balaban J connectivity index is 1.87. The molecule has 27 heavy (non-hydrogen) atoms. The topological polar surface area (TPSA) is 93.3 Å². The van der Waals surface area contributed by atoms with Gasteiger partial charge in [-0.25, -0.2) is 4.98 Å². The van der Waals surface area contributed by atoms with Crippen molar-refractivity contribution in [3.63, 3.8) is 0 Å². The van der Waals surface area contributed by atoms with E-state index in [0.29, 0.717) is 30.3 Å². The third-order valence-corrected chi connectivity index (χ3v) is 4.32. The second-order valence-corrected chi connectivity index (χ2v) is 6.09. The lowest BCUT2D eigenvalue weighted by Gasteiger charge is -2.22. The Morgan fingerprint density at radius 1 is 1.33 bits per heavy atom. The maximum atomic E-state index is 5.36. The fraction of sp³-hybridized carbons (Fsp3) is 0.278. The van der Waals surface area contributed by atoms with Crippen LogP contribution in [0.1, 0.15) is 18.5 Å². The summed E-state index contributed by atoms with van der Waals surface area (Å²) >= 11 is 0. The molecule has 0 spiro atoms. The van der Waals surface area contributed by atoms with Gasteiger partial charge in [0.1, 0.15) is 17.8 Å². The van der Waals surface area contributed by atoms with Crippen molar-refractivity contribution >= 4 is 5.69 Å². The molecule has 0 radical (unpaired) electrons. The standard InChI is InChI=1S/C18H21N7O2/c1-4-16-20-18(22-27-16)17-15-6-5-9-24(2)23-21-13-10-12(26-3)7-8-14(13)25(15)11-19-17/h5,7-11,21,23H,4,6H2,1-3H3/b9-5+. The number of ether oxygens (including phenoxy) is 1. The first-order valence-electron chi connectivity index (χ1n) is 8.68. The number of hydrogen-bond donors (Lipinski definition) is 2. The van der Waals surface area contributed by atoms with Gasteiger partial charge in [-0.3, -0.25) is 0 Å². The van der Waals surface area contributed by atoms with E-state index in [4.69, 9.17) is 9.26 Å². The molecular formula is C18H21N7O2. The third kappa shape index (κ3) is 3.24. The van der Waals surface area contributed by atoms with Crippen LogP contribution in [0.25, 0.3) is 17.2 Å². The summed E-state index contributed by atoms with van der Waals surface area (Å²) in [5, 5.41) is 5.92. The fourth-order valence-corrected chi connectivity index (χ4v) is 2.92. The minimum atomic E-state index is 0.501. The van der Waals surface area contributed by atoms with Crippen molar-refractivity contribution in [1.29, 1.82) is 0 Å². The number of hydrazine groups is 2. The fourth-order valence-electron chi connectivity index (χ4n) is 2.92. The van der Waals surface area contributed by atoms with Crippen LogP contribution >= 0.6 is 0 Å². The zero-order valence-electron chi connectivity index (χ0n) is 15.4. The van der Waals surface area contributed by atoms with E-state index in [-0.39, 0.29) is 0 Å². The molecule has 3 aromatic rings. The second-order valence-electron chi connectivity index (χ2n) is 6.09. The van der Waals surface area contributed by atoms with Crippen molar-refractivity contribution in [3.8, 4) is 23.0 Å². The van der Waals surface area contributed by atoms with E-state index in [0.717, 1.165) is 22.8 Å². The molecule has 0 fully saturated rings. The lowest BCUT2D eigenvalue weighted by atomic mass is 10.2. The predicted molar refractivity (Wildman–Crippen MR) is 100 cm³/mol. The second kappa shape index (κ2) is 7.12. The summed E-state index contributed by atoms with van der Waals surface area (Å²) in [7, 11) is 3.56. The Morgan fingerprint density at radius 3 is 3.00 bits per heavy atom. The summed E-state index contributed by atoms with van der Waals surface area (Å²) in [6.07, 6.45) is 7.10. The highest BCUT2D eigenvalue weighted by molar-refractivity contribution is 5.66. The Morgan fingerprint density at radius 2 is 2.22 bits per heavy atom. The van der Waals surface area contributed by atoms with Crippen LogP contribution in [0.3, 0.4) is 0 Å². The number of hydrogen-bond acceptors (Lipinski definition) is 8. The van der Waals surface area contributed by atoms with Gasteiger partial charge in [-0.1, -0.05) is 18.2 Å². The zero-order chi connectivity index (χ0) is 18.8. The molecule has 0 bridgehead atoms. The van der Waals surface area contributed by atoms with Crippen molar-refractivity contribution in [2.45, 2.75) is 19.8 Å². The normalized spacial score (nSPS) is 14.9. The number of aryl methyl sites for hydroxylation is 1. The van der Waals surface area contributed by atoms with Crippen LogP contribution in [0.2, 0.25) is 0 Å². The third-order valence-electron chi connectivity index (χ3n) is 4.32. The Bertz CT molecular complexity index is 976. The van der Waals surface area contributed by atoms with E-state index in [1.165, 1.54) is 0 Å². The number of anilines is 1. The minimum Gasteiger partial charge on any atom is -0.497 e. The molecule has 4 rings (SSSR count). The van der Waals surface area contributed by atoms with Gasteiger partial charge in [0.15, 0.2) is 0 Å². The van der Waals surface area contributed by atoms with E-state index in [2.05, 4.69) is 26.1 Å². The number of allylic oxidation sites excluding steroid dienone is 1. The number of aromatic nitrogens is 4. The molecule has 2 N–H and O–H groups in total. The monoisotopic (exact) mass is 367 g/mol. The predicted octanol–water partition coefficient (Wildman–Crippen LogP) is 2.33. The first-order chi connectivity index (χ1) is 13.2. The number of imidazole rings is 1. The number of rotatable bonds is 3. The van der Waals surface area contributed by atoms with Gasteiger partial charge in [0.25, 0.3) is 0 Å². The van der Waals surface area contributed by atoms with Gasteiger partial charge >= 0.3 is 0 Å². The molecule has 0 unspecified atom stereocenters. The van der Waals surface area contributed by atoms with Crippen LogP contribution in [-0.2, 0) is 12.8 Å². The average molecular weight is 367 g/mol. The number of methoxy groups -OCH3 is 1. The molecule has 0 saturated carbocycles. The van der Waals surface area contributed by atoms with Gasteiger partial charge in [0, 0.05) is 32.2 Å². The number of benzene rings is 1. The Labute approximate surface area is 156 Å². The minimum absolute atomic E-state index is 0.501. The Kier molecular flexibility index (Phi) is 4.51. The van der Waals surface area contributed by atoms with Crippen molar-refractivity contribution < 1.29 is 9.26 Å². The van der Waals surface area contributed by atoms with Gasteiger partial charge in [-0.15, -0.1) is 5.53 Å². The van der Waals surface area contributed by atoms with E-state index in [9.17, 15) is 0 Å². The summed E-state index contributed by atoms with van der Waals surface area (Å²) in [4.78, 5) is 9.01. The SMILES string of the molecule is CCc1nc(-c2ncn3c2C/C=C/N(C)NNc2cc(OC)ccc2-3)no1. The molecule has 9 heteroatoms. The van der Waals surface area contributed by atoms with Gasteiger partial charge in [0.2, 0.25) is 11.7 Å². The summed E-state index contributed by atoms with van der Waals surface area (Å²) in [6.45, 7) is 1.98. The van der Waals surface area contributed by atoms with E-state index in [1.54, 1.807) is 13.4 Å². The van der Waals surface area contributed by atoms with E-state index >= 15 is 0 Å². The van der Waals surface area contributed by atoms with Crippen LogP contribution < -0.4 is 15.7 Å². The first-order valence-corrected chi connectivity index (χ1v) is 8.68. The van der Waals surface area contributed by atoms with Gasteiger partial charge in [-0.05, 0) is 12.1 Å². The highest BCUT2D eigenvalue weighted by Crippen LogP contribution is 2.30. The first kappa shape index (κ1) is 17.1. The highest BCUT2D eigenvalue weighted by atomic mass is 16.5. The summed E-state index contributed by atoms with van der Waals surface area (Å²) in [6, 6.07) is 5.82. The van der Waals surface area contributed by atoms with Crippen LogP contribution in [0, 0.1) is 0 Å². The number of nitrogens with one attached hydrogen (secondary N) is 2. The average Bonchev–Trinajstić information content (AvgIpc) is 3.32. The van der Waals surface area contributed by atoms with E-state index < -0.39 is 0 Å². The highest BCUT2D eigenvalue weighted by Gasteiger charge is 2.20. The summed E-state index contributed by atoms with van der Waals surface area (Å²) in [5.41, 5.74) is 9.78. The zero-order valence-corrected chi connectivity index (χ0v) is 15.4. The van der Waals surface area contributed by atoms with Crippen molar-refractivity contribution in [2.75, 3.05) is 19.6 Å². The molecule has 0 amide bonds. The van der Waals surface area contributed by atoms with E-state index in [1.807, 2.05) is 54.0 Å². The molecule has 140 valence electrons. The van der Waals surface area contributed by atoms with Crippen molar-refractivity contribution in [3.05, 3.63) is 48.4 Å². The largest absolute Gasteiger partial charge is 0.497 e. The van der Waals surface area contributed by atoms with Crippen LogP contribution in [-0.4, -0.2) is 38.9 Å². The maximum absolute atomic E-state index is 5.36. The van der Waals surface area contributed by atoms with Gasteiger partial charge in [-0.2, -0.15) is 4.98 Å². The van der Waals surface area contributed by atoms with Crippen molar-refractivity contribution in [1.82, 2.24) is 30.2 Å². The van der Waals surface area contributed by atoms with Crippen molar-refractivity contribution in [2.24, 2.45) is 0 Å². The molecule has 0 aliphatic carbocycles. The number of nitrogens with zero attached hydrogens (tertiary/aromatic N) is 5. The molecule has 3 heterocycles. The molecule has 2 aromatic heterocycles. The van der Waals surface area contributed by atoms with Crippen LogP contribution in [0.15, 0.2) is 41.3 Å². The quantitative estimate of drug-likeness (QED) is 0.729. The van der Waals surface area contributed by atoms with Crippen LogP contribution in [0.4, 0.5) is 5.69 Å². The molecular weight excluding hydrogens is 346 g/mol. The molecule has 0 saturated heterocycles. The molecule has 1 aliphatic rings. The Hall–Kier alpha value is -3.33. The lowest BCUT2D eigenvalue weighted by Crippen LogP contribution is -2.35. The summed E-state index contributed by atoms with van der Waals surface area (Å²) in [5.74, 6) is 1.85. The molecule has 1 aliphatic heterocycles. The molecule has 1 aromatic carbocycles. The van der Waals surface area contributed by atoms with Crippen LogP contribution in [0.5, 0.6) is 5.75 Å².